The smallest absolute Gasteiger partial charge is 0.148 e. The molecule has 0 spiro atoms. The molecular weight excluding hydrogens is 496 g/mol. The van der Waals surface area contributed by atoms with Crippen molar-refractivity contribution in [3.63, 3.8) is 0 Å². The molecule has 2 N–H and O–H groups in total. The van der Waals surface area contributed by atoms with Gasteiger partial charge in [0, 0.05) is 21.9 Å². The SMILES string of the molecule is CC(C)(C1C(Cl)=C(Cl)C(O)=CC1(Cl)Cl)C1C(Cl)=C(Cl)C(O)=CC1(Cl)Cl. The molecule has 0 saturated heterocycles. The first kappa shape index (κ1) is 22.2. The van der Waals surface area contributed by atoms with Gasteiger partial charge in [-0.1, -0.05) is 107 Å². The average Bonchev–Trinajstić information content (AvgIpc) is 2.40. The topological polar surface area (TPSA) is 40.5 Å². The first-order valence-electron chi connectivity index (χ1n) is 6.85. The maximum Gasteiger partial charge on any atom is 0.148 e. The Morgan fingerprint density at radius 2 is 1.04 bits per heavy atom. The lowest BCUT2D eigenvalue weighted by Crippen LogP contribution is -2.49. The van der Waals surface area contributed by atoms with Gasteiger partial charge in [0.25, 0.3) is 0 Å². The van der Waals surface area contributed by atoms with Crippen LogP contribution in [0.25, 0.3) is 0 Å². The van der Waals surface area contributed by atoms with E-state index in [1.165, 1.54) is 12.2 Å². The van der Waals surface area contributed by atoms with E-state index in [1.54, 1.807) is 13.8 Å². The third-order valence-electron chi connectivity index (χ3n) is 4.29. The summed E-state index contributed by atoms with van der Waals surface area (Å²) in [5.41, 5.74) is -1.00. The van der Waals surface area contributed by atoms with E-state index >= 15 is 0 Å². The zero-order chi connectivity index (χ0) is 19.5. The van der Waals surface area contributed by atoms with Crippen LogP contribution in [-0.4, -0.2) is 18.9 Å². The highest BCUT2D eigenvalue weighted by molar-refractivity contribution is 6.53. The summed E-state index contributed by atoms with van der Waals surface area (Å²) in [6.45, 7) is 3.46. The fourth-order valence-corrected chi connectivity index (χ4v) is 6.93. The van der Waals surface area contributed by atoms with Gasteiger partial charge in [-0.05, 0) is 17.6 Å². The Morgan fingerprint density at radius 3 is 1.32 bits per heavy atom. The molecule has 2 aliphatic rings. The molecule has 0 fully saturated rings. The average molecular weight is 508 g/mol. The molecule has 0 aromatic rings. The van der Waals surface area contributed by atoms with E-state index in [1.807, 2.05) is 0 Å². The minimum atomic E-state index is -1.63. The third-order valence-corrected chi connectivity index (χ3v) is 7.40. The van der Waals surface area contributed by atoms with Crippen LogP contribution in [0.5, 0.6) is 0 Å². The number of halogens is 8. The molecule has 10 heteroatoms. The van der Waals surface area contributed by atoms with Crippen molar-refractivity contribution in [1.82, 2.24) is 0 Å². The predicted molar refractivity (Wildman–Crippen MR) is 109 cm³/mol. The molecule has 2 aliphatic carbocycles. The molecule has 0 aliphatic heterocycles. The standard InChI is InChI=1S/C15H12Cl8O2/c1-13(2,11-9(18)7(16)5(24)3-14(11,20)21)12-10(19)8(17)6(25)4-15(12,22)23/h3-4,11-12,24-25H,1-2H3. The summed E-state index contributed by atoms with van der Waals surface area (Å²) in [6.07, 6.45) is 2.35. The van der Waals surface area contributed by atoms with Crippen molar-refractivity contribution in [3.05, 3.63) is 43.8 Å². The lowest BCUT2D eigenvalue weighted by Gasteiger charge is -2.50. The minimum Gasteiger partial charge on any atom is -0.507 e. The van der Waals surface area contributed by atoms with Gasteiger partial charge in [0.15, 0.2) is 0 Å². The molecule has 0 amide bonds. The van der Waals surface area contributed by atoms with Crippen LogP contribution in [0.4, 0.5) is 0 Å². The van der Waals surface area contributed by atoms with Gasteiger partial charge in [-0.25, -0.2) is 0 Å². The maximum atomic E-state index is 9.88. The normalized spacial score (nSPS) is 29.5. The van der Waals surface area contributed by atoms with Crippen LogP contribution in [0, 0.1) is 17.3 Å². The molecule has 2 nitrogen and oxygen atoms in total. The molecule has 0 saturated carbocycles. The molecule has 0 heterocycles. The van der Waals surface area contributed by atoms with Crippen molar-refractivity contribution in [3.8, 4) is 0 Å². The van der Waals surface area contributed by atoms with Gasteiger partial charge in [-0.3, -0.25) is 0 Å². The Bertz CT molecular complexity index is 670. The predicted octanol–water partition coefficient (Wildman–Crippen LogP) is 7.88. The number of rotatable bonds is 2. The fraction of sp³-hybridized carbons (Fsp3) is 0.467. The molecule has 140 valence electrons. The van der Waals surface area contributed by atoms with E-state index in [0.29, 0.717) is 0 Å². The van der Waals surface area contributed by atoms with Crippen LogP contribution in [0.2, 0.25) is 0 Å². The second-order valence-electron chi connectivity index (χ2n) is 6.42. The molecule has 0 aromatic heterocycles. The number of allylic oxidation sites excluding steroid dienone is 6. The Balaban J connectivity index is 2.66. The van der Waals surface area contributed by atoms with E-state index in [-0.39, 0.29) is 31.6 Å². The molecule has 0 radical (unpaired) electrons. The highest BCUT2D eigenvalue weighted by Crippen LogP contribution is 2.62. The van der Waals surface area contributed by atoms with E-state index < -0.39 is 25.9 Å². The van der Waals surface area contributed by atoms with Gasteiger partial charge in [-0.2, -0.15) is 0 Å². The Labute approximate surface area is 185 Å². The quantitative estimate of drug-likeness (QED) is 0.373. The highest BCUT2D eigenvalue weighted by Gasteiger charge is 2.58. The minimum absolute atomic E-state index is 0.0279. The monoisotopic (exact) mass is 504 g/mol. The van der Waals surface area contributed by atoms with Crippen LogP contribution in [0.3, 0.4) is 0 Å². The summed E-state index contributed by atoms with van der Waals surface area (Å²) in [7, 11) is 0. The maximum absolute atomic E-state index is 9.88. The van der Waals surface area contributed by atoms with E-state index in [9.17, 15) is 10.2 Å². The van der Waals surface area contributed by atoms with E-state index in [0.717, 1.165) is 0 Å². The Hall–Kier alpha value is 0.880. The number of alkyl halides is 4. The van der Waals surface area contributed by atoms with Crippen molar-refractivity contribution in [1.29, 1.82) is 0 Å². The molecule has 2 atom stereocenters. The van der Waals surface area contributed by atoms with Crippen molar-refractivity contribution in [2.45, 2.75) is 22.5 Å². The molecule has 2 rings (SSSR count). The van der Waals surface area contributed by atoms with E-state index in [4.69, 9.17) is 92.8 Å². The number of hydrogen-bond acceptors (Lipinski definition) is 2. The number of hydrogen-bond donors (Lipinski definition) is 2. The summed E-state index contributed by atoms with van der Waals surface area (Å²) in [5, 5.41) is 19.6. The van der Waals surface area contributed by atoms with Gasteiger partial charge in [0.1, 0.15) is 20.2 Å². The van der Waals surface area contributed by atoms with Gasteiger partial charge < -0.3 is 10.2 Å². The number of aliphatic hydroxyl groups is 2. The van der Waals surface area contributed by atoms with Crippen LogP contribution in [0.15, 0.2) is 43.8 Å². The van der Waals surface area contributed by atoms with Crippen molar-refractivity contribution in [2.75, 3.05) is 0 Å². The van der Waals surface area contributed by atoms with Crippen LogP contribution < -0.4 is 0 Å². The first-order chi connectivity index (χ1) is 11.1. The lowest BCUT2D eigenvalue weighted by molar-refractivity contribution is 0.157. The van der Waals surface area contributed by atoms with Gasteiger partial charge in [0.05, 0.1) is 10.1 Å². The van der Waals surface area contributed by atoms with Crippen LogP contribution >= 0.6 is 92.8 Å². The Kier molecular flexibility index (Phi) is 6.25. The van der Waals surface area contributed by atoms with Crippen molar-refractivity contribution in [2.24, 2.45) is 17.3 Å². The lowest BCUT2D eigenvalue weighted by atomic mass is 9.64. The van der Waals surface area contributed by atoms with Gasteiger partial charge in [-0.15, -0.1) is 0 Å². The summed E-state index contributed by atoms with van der Waals surface area (Å²) in [6, 6.07) is 0. The van der Waals surface area contributed by atoms with Crippen molar-refractivity contribution < 1.29 is 10.2 Å². The Morgan fingerprint density at radius 1 is 0.760 bits per heavy atom. The molecular formula is C15H12Cl8O2. The van der Waals surface area contributed by atoms with Gasteiger partial charge >= 0.3 is 0 Å². The second-order valence-corrected chi connectivity index (χ2v) is 10.9. The van der Waals surface area contributed by atoms with Crippen molar-refractivity contribution >= 4 is 92.8 Å². The van der Waals surface area contributed by atoms with E-state index in [2.05, 4.69) is 0 Å². The summed E-state index contributed by atoms with van der Waals surface area (Å²) >= 11 is 50.5. The summed E-state index contributed by atoms with van der Waals surface area (Å²) in [4.78, 5) is 0. The highest BCUT2D eigenvalue weighted by atomic mass is 35.5. The zero-order valence-electron chi connectivity index (χ0n) is 12.7. The fourth-order valence-electron chi connectivity index (χ4n) is 3.31. The third kappa shape index (κ3) is 3.76. The molecule has 0 aromatic carbocycles. The molecule has 25 heavy (non-hydrogen) atoms. The zero-order valence-corrected chi connectivity index (χ0v) is 18.8. The first-order valence-corrected chi connectivity index (χ1v) is 9.87. The van der Waals surface area contributed by atoms with Gasteiger partial charge in [0.2, 0.25) is 0 Å². The molecule has 2 unspecified atom stereocenters. The number of aliphatic hydroxyl groups excluding tert-OH is 2. The van der Waals surface area contributed by atoms with Crippen LogP contribution in [-0.2, 0) is 0 Å². The summed E-state index contributed by atoms with van der Waals surface area (Å²) in [5.74, 6) is -2.37. The van der Waals surface area contributed by atoms with Crippen LogP contribution in [0.1, 0.15) is 13.8 Å². The second kappa shape index (κ2) is 7.04. The largest absolute Gasteiger partial charge is 0.507 e. The summed E-state index contributed by atoms with van der Waals surface area (Å²) < 4.78 is -3.25. The molecule has 0 bridgehead atoms.